The zero-order valence-corrected chi connectivity index (χ0v) is 13.5. The summed E-state index contributed by atoms with van der Waals surface area (Å²) in [5, 5.41) is 12.0. The first-order valence-corrected chi connectivity index (χ1v) is 8.17. The molecule has 120 valence electrons. The number of aromatic carboxylic acids is 1. The molecule has 1 aromatic heterocycles. The maximum absolute atomic E-state index is 12.4. The van der Waals surface area contributed by atoms with Crippen LogP contribution in [0.4, 0.5) is 5.69 Å². The maximum Gasteiger partial charge on any atom is 0.335 e. The number of hydrogen-bond donors (Lipinski definition) is 2. The Morgan fingerprint density at radius 2 is 2.09 bits per heavy atom. The van der Waals surface area contributed by atoms with E-state index < -0.39 is 5.97 Å². The number of nitrogens with one attached hydrogen (secondary N) is 1. The van der Waals surface area contributed by atoms with Crippen LogP contribution in [0.2, 0.25) is 0 Å². The number of carbonyl (C=O) groups excluding carboxylic acids is 1. The molecule has 1 aliphatic rings. The number of thiophene rings is 1. The number of rotatable bonds is 5. The molecule has 0 fully saturated rings. The standard InChI is InChI=1S/C17H17NO4S/c1-22-9-10-5-12(17(20)21)7-13(6-10)18-16(19)15-8-11-3-2-4-14(11)23-15/h5-8H,2-4,9H2,1H3,(H,18,19)(H,20,21). The van der Waals surface area contributed by atoms with Crippen LogP contribution in [0.5, 0.6) is 0 Å². The average Bonchev–Trinajstić information content (AvgIpc) is 3.08. The first-order chi connectivity index (χ1) is 11.1. The number of carbonyl (C=O) groups is 2. The van der Waals surface area contributed by atoms with Crippen molar-refractivity contribution in [2.75, 3.05) is 12.4 Å². The minimum Gasteiger partial charge on any atom is -0.478 e. The highest BCUT2D eigenvalue weighted by Crippen LogP contribution is 2.31. The number of amides is 1. The van der Waals surface area contributed by atoms with Gasteiger partial charge < -0.3 is 15.2 Å². The van der Waals surface area contributed by atoms with E-state index in [-0.39, 0.29) is 18.1 Å². The van der Waals surface area contributed by atoms with E-state index in [1.165, 1.54) is 27.8 Å². The Kier molecular flexibility index (Phi) is 4.45. The molecule has 6 heteroatoms. The van der Waals surface area contributed by atoms with Crippen molar-refractivity contribution in [3.8, 4) is 0 Å². The van der Waals surface area contributed by atoms with Crippen molar-refractivity contribution >= 4 is 28.9 Å². The fourth-order valence-corrected chi connectivity index (χ4v) is 3.92. The molecule has 0 bridgehead atoms. The van der Waals surface area contributed by atoms with Crippen molar-refractivity contribution < 1.29 is 19.4 Å². The number of methoxy groups -OCH3 is 1. The fraction of sp³-hybridized carbons (Fsp3) is 0.294. The number of aryl methyl sites for hydroxylation is 2. The van der Waals surface area contributed by atoms with Gasteiger partial charge in [0.05, 0.1) is 17.0 Å². The maximum atomic E-state index is 12.4. The summed E-state index contributed by atoms with van der Waals surface area (Å²) < 4.78 is 5.04. The van der Waals surface area contributed by atoms with Crippen LogP contribution in [0.15, 0.2) is 24.3 Å². The van der Waals surface area contributed by atoms with Gasteiger partial charge in [-0.3, -0.25) is 4.79 Å². The second-order valence-corrected chi connectivity index (χ2v) is 6.66. The average molecular weight is 331 g/mol. The van der Waals surface area contributed by atoms with Crippen LogP contribution in [0.1, 0.15) is 42.5 Å². The van der Waals surface area contributed by atoms with Gasteiger partial charge in [0.15, 0.2) is 0 Å². The van der Waals surface area contributed by atoms with Gasteiger partial charge in [-0.1, -0.05) is 0 Å². The van der Waals surface area contributed by atoms with Crippen LogP contribution in [0.25, 0.3) is 0 Å². The summed E-state index contributed by atoms with van der Waals surface area (Å²) in [7, 11) is 1.54. The van der Waals surface area contributed by atoms with Crippen LogP contribution >= 0.6 is 11.3 Å². The lowest BCUT2D eigenvalue weighted by Gasteiger charge is -2.08. The van der Waals surface area contributed by atoms with E-state index in [0.717, 1.165) is 19.3 Å². The van der Waals surface area contributed by atoms with Gasteiger partial charge in [0, 0.05) is 17.7 Å². The van der Waals surface area contributed by atoms with Gasteiger partial charge in [0.25, 0.3) is 5.91 Å². The van der Waals surface area contributed by atoms with E-state index in [4.69, 9.17) is 4.74 Å². The monoisotopic (exact) mass is 331 g/mol. The topological polar surface area (TPSA) is 75.6 Å². The molecular formula is C17H17NO4S. The van der Waals surface area contributed by atoms with Crippen LogP contribution in [-0.4, -0.2) is 24.1 Å². The lowest BCUT2D eigenvalue weighted by atomic mass is 10.1. The normalized spacial score (nSPS) is 12.9. The summed E-state index contributed by atoms with van der Waals surface area (Å²) in [4.78, 5) is 25.6. The van der Waals surface area contributed by atoms with Gasteiger partial charge in [-0.25, -0.2) is 4.79 Å². The second kappa shape index (κ2) is 6.52. The van der Waals surface area contributed by atoms with Gasteiger partial charge in [0.2, 0.25) is 0 Å². The van der Waals surface area contributed by atoms with Crippen LogP contribution in [0, 0.1) is 0 Å². The SMILES string of the molecule is COCc1cc(NC(=O)c2cc3c(s2)CCC3)cc(C(=O)O)c1. The molecule has 5 nitrogen and oxygen atoms in total. The molecule has 0 aliphatic heterocycles. The first-order valence-electron chi connectivity index (χ1n) is 7.36. The number of anilines is 1. The zero-order valence-electron chi connectivity index (χ0n) is 12.7. The Balaban J connectivity index is 1.82. The summed E-state index contributed by atoms with van der Waals surface area (Å²) in [5.74, 6) is -1.23. The quantitative estimate of drug-likeness (QED) is 0.881. The van der Waals surface area contributed by atoms with E-state index in [1.54, 1.807) is 19.2 Å². The number of fused-ring (bicyclic) bond motifs is 1. The van der Waals surface area contributed by atoms with Gasteiger partial charge in [-0.2, -0.15) is 0 Å². The fourth-order valence-electron chi connectivity index (χ4n) is 2.77. The summed E-state index contributed by atoms with van der Waals surface area (Å²) in [5.41, 5.74) is 2.56. The third-order valence-electron chi connectivity index (χ3n) is 3.78. The molecule has 0 saturated carbocycles. The highest BCUT2D eigenvalue weighted by atomic mass is 32.1. The Morgan fingerprint density at radius 1 is 1.26 bits per heavy atom. The van der Waals surface area contributed by atoms with Crippen molar-refractivity contribution in [3.63, 3.8) is 0 Å². The number of carboxylic acid groups (broad SMARTS) is 1. The summed E-state index contributed by atoms with van der Waals surface area (Å²) in [6.07, 6.45) is 3.23. The Hall–Kier alpha value is -2.18. The van der Waals surface area contributed by atoms with E-state index in [9.17, 15) is 14.7 Å². The summed E-state index contributed by atoms with van der Waals surface area (Å²) in [6, 6.07) is 6.68. The molecule has 2 N–H and O–H groups in total. The number of hydrogen-bond acceptors (Lipinski definition) is 4. The number of carboxylic acids is 1. The third kappa shape index (κ3) is 3.43. The molecule has 0 atom stereocenters. The highest BCUT2D eigenvalue weighted by Gasteiger charge is 2.19. The Bertz CT molecular complexity index is 744. The van der Waals surface area contributed by atoms with Crippen LogP contribution in [-0.2, 0) is 24.2 Å². The van der Waals surface area contributed by atoms with Gasteiger partial charge in [-0.05, 0) is 54.7 Å². The van der Waals surface area contributed by atoms with Crippen molar-refractivity contribution in [1.29, 1.82) is 0 Å². The van der Waals surface area contributed by atoms with Crippen molar-refractivity contribution in [2.24, 2.45) is 0 Å². The first kappa shape index (κ1) is 15.7. The van der Waals surface area contributed by atoms with E-state index in [1.807, 2.05) is 6.07 Å². The molecule has 1 aromatic carbocycles. The molecule has 3 rings (SSSR count). The predicted octanol–water partition coefficient (Wildman–Crippen LogP) is 3.33. The minimum absolute atomic E-state index is 0.128. The largest absolute Gasteiger partial charge is 0.478 e. The number of benzene rings is 1. The molecule has 23 heavy (non-hydrogen) atoms. The van der Waals surface area contributed by atoms with Crippen LogP contribution < -0.4 is 5.32 Å². The Morgan fingerprint density at radius 3 is 2.78 bits per heavy atom. The Labute approximate surface area is 137 Å². The smallest absolute Gasteiger partial charge is 0.335 e. The van der Waals surface area contributed by atoms with Crippen LogP contribution in [0.3, 0.4) is 0 Å². The molecule has 0 unspecified atom stereocenters. The predicted molar refractivity (Wildman–Crippen MR) is 88.4 cm³/mol. The van der Waals surface area contributed by atoms with Crippen molar-refractivity contribution in [1.82, 2.24) is 0 Å². The molecule has 1 amide bonds. The molecule has 0 spiro atoms. The molecule has 1 heterocycles. The molecule has 0 saturated heterocycles. The number of ether oxygens (including phenoxy) is 1. The molecular weight excluding hydrogens is 314 g/mol. The second-order valence-electron chi connectivity index (χ2n) is 5.52. The lowest BCUT2D eigenvalue weighted by Crippen LogP contribution is -2.11. The summed E-state index contributed by atoms with van der Waals surface area (Å²) >= 11 is 1.52. The van der Waals surface area contributed by atoms with Crippen molar-refractivity contribution in [3.05, 3.63) is 50.7 Å². The van der Waals surface area contributed by atoms with Gasteiger partial charge in [0.1, 0.15) is 0 Å². The minimum atomic E-state index is -1.03. The highest BCUT2D eigenvalue weighted by molar-refractivity contribution is 7.14. The third-order valence-corrected chi connectivity index (χ3v) is 5.01. The van der Waals surface area contributed by atoms with Crippen molar-refractivity contribution in [2.45, 2.75) is 25.9 Å². The van der Waals surface area contributed by atoms with Gasteiger partial charge in [-0.15, -0.1) is 11.3 Å². The van der Waals surface area contributed by atoms with E-state index in [2.05, 4.69) is 5.32 Å². The van der Waals surface area contributed by atoms with E-state index in [0.29, 0.717) is 16.1 Å². The van der Waals surface area contributed by atoms with E-state index >= 15 is 0 Å². The lowest BCUT2D eigenvalue weighted by molar-refractivity contribution is 0.0696. The molecule has 0 radical (unpaired) electrons. The summed E-state index contributed by atoms with van der Waals surface area (Å²) in [6.45, 7) is 0.289. The van der Waals surface area contributed by atoms with Gasteiger partial charge >= 0.3 is 5.97 Å². The zero-order chi connectivity index (χ0) is 16.4. The molecule has 2 aromatic rings. The molecule has 1 aliphatic carbocycles.